The quantitative estimate of drug-likeness (QED) is 0.636. The molecule has 0 heterocycles. The maximum atomic E-state index is 4.26. The molecule has 0 saturated heterocycles. The van der Waals surface area contributed by atoms with Crippen molar-refractivity contribution in [2.45, 2.75) is 25.8 Å². The van der Waals surface area contributed by atoms with Crippen LogP contribution in [0.2, 0.25) is 0 Å². The van der Waals surface area contributed by atoms with Crippen molar-refractivity contribution in [3.8, 4) is 0 Å². The Kier molecular flexibility index (Phi) is 4.88. The van der Waals surface area contributed by atoms with Gasteiger partial charge in [-0.3, -0.25) is 4.99 Å². The van der Waals surface area contributed by atoms with Gasteiger partial charge in [0, 0.05) is 39.4 Å². The number of anilines is 1. The maximum Gasteiger partial charge on any atom is 0.191 e. The number of hydrogen-bond donors (Lipinski definition) is 2. The molecule has 0 aliphatic heterocycles. The van der Waals surface area contributed by atoms with E-state index < -0.39 is 0 Å². The summed E-state index contributed by atoms with van der Waals surface area (Å²) < 4.78 is 0. The van der Waals surface area contributed by atoms with E-state index in [0.717, 1.165) is 24.8 Å². The molecule has 1 aromatic rings. The number of benzene rings is 1. The number of nitrogens with zero attached hydrogens (tertiary/aromatic N) is 2. The third kappa shape index (κ3) is 4.15. The molecule has 2 rings (SSSR count). The van der Waals surface area contributed by atoms with E-state index in [1.54, 1.807) is 0 Å². The van der Waals surface area contributed by atoms with E-state index in [-0.39, 0.29) is 0 Å². The molecule has 4 heteroatoms. The largest absolute Gasteiger partial charge is 0.378 e. The first-order chi connectivity index (χ1) is 9.60. The summed E-state index contributed by atoms with van der Waals surface area (Å²) in [6.45, 7) is 3.17. The molecular formula is C16H26N4. The summed E-state index contributed by atoms with van der Waals surface area (Å²) in [6, 6.07) is 9.31. The van der Waals surface area contributed by atoms with Crippen LogP contribution in [0.3, 0.4) is 0 Å². The summed E-state index contributed by atoms with van der Waals surface area (Å²) in [4.78, 5) is 6.37. The van der Waals surface area contributed by atoms with Gasteiger partial charge in [0.1, 0.15) is 0 Å². The molecule has 2 unspecified atom stereocenters. The molecule has 1 aliphatic rings. The topological polar surface area (TPSA) is 39.7 Å². The van der Waals surface area contributed by atoms with Crippen LogP contribution < -0.4 is 15.5 Å². The number of nitrogens with one attached hydrogen (secondary N) is 2. The molecule has 1 aromatic carbocycles. The molecule has 0 spiro atoms. The first kappa shape index (κ1) is 14.7. The highest BCUT2D eigenvalue weighted by atomic mass is 15.2. The van der Waals surface area contributed by atoms with Crippen molar-refractivity contribution < 1.29 is 0 Å². The Balaban J connectivity index is 1.74. The summed E-state index contributed by atoms with van der Waals surface area (Å²) in [5.74, 6) is 1.70. The normalized spacial score (nSPS) is 21.5. The van der Waals surface area contributed by atoms with E-state index in [1.165, 1.54) is 17.7 Å². The molecule has 20 heavy (non-hydrogen) atoms. The minimum atomic E-state index is 0.612. The maximum absolute atomic E-state index is 4.26. The molecule has 0 aromatic heterocycles. The van der Waals surface area contributed by atoms with Crippen molar-refractivity contribution in [2.75, 3.05) is 32.6 Å². The lowest BCUT2D eigenvalue weighted by Gasteiger charge is -2.13. The van der Waals surface area contributed by atoms with Crippen molar-refractivity contribution in [1.29, 1.82) is 0 Å². The first-order valence-electron chi connectivity index (χ1n) is 7.33. The minimum absolute atomic E-state index is 0.612. The molecule has 110 valence electrons. The summed E-state index contributed by atoms with van der Waals surface area (Å²) in [5.41, 5.74) is 2.58. The number of hydrogen-bond acceptors (Lipinski definition) is 2. The van der Waals surface area contributed by atoms with Gasteiger partial charge < -0.3 is 15.5 Å². The number of aliphatic imine (C=N–C) groups is 1. The van der Waals surface area contributed by atoms with Crippen molar-refractivity contribution in [2.24, 2.45) is 10.9 Å². The molecule has 4 nitrogen and oxygen atoms in total. The van der Waals surface area contributed by atoms with Crippen LogP contribution >= 0.6 is 0 Å². The molecule has 0 radical (unpaired) electrons. The van der Waals surface area contributed by atoms with Crippen LogP contribution in [-0.2, 0) is 6.42 Å². The molecule has 0 amide bonds. The average Bonchev–Trinajstić information content (AvgIpc) is 3.13. The van der Waals surface area contributed by atoms with E-state index in [2.05, 4.69) is 65.8 Å². The minimum Gasteiger partial charge on any atom is -0.378 e. The van der Waals surface area contributed by atoms with Crippen LogP contribution in [-0.4, -0.2) is 39.7 Å². The molecular weight excluding hydrogens is 248 g/mol. The van der Waals surface area contributed by atoms with Gasteiger partial charge in [0.2, 0.25) is 0 Å². The predicted molar refractivity (Wildman–Crippen MR) is 86.5 cm³/mol. The van der Waals surface area contributed by atoms with Gasteiger partial charge in [-0.15, -0.1) is 0 Å². The lowest BCUT2D eigenvalue weighted by molar-refractivity contribution is 0.758. The molecule has 1 saturated carbocycles. The molecule has 2 N–H and O–H groups in total. The second-order valence-corrected chi connectivity index (χ2v) is 5.77. The fraction of sp³-hybridized carbons (Fsp3) is 0.562. The standard InChI is InChI=1S/C16H26N4/c1-12-11-15(12)19-16(17-2)18-10-9-13-5-7-14(8-6-13)20(3)4/h5-8,12,15H,9-11H2,1-4H3,(H2,17,18,19). The van der Waals surface area contributed by atoms with Gasteiger partial charge in [0.25, 0.3) is 0 Å². The van der Waals surface area contributed by atoms with E-state index in [9.17, 15) is 0 Å². The third-order valence-electron chi connectivity index (χ3n) is 3.81. The summed E-state index contributed by atoms with van der Waals surface area (Å²) in [6.07, 6.45) is 2.27. The van der Waals surface area contributed by atoms with E-state index in [1.807, 2.05) is 7.05 Å². The molecule has 2 atom stereocenters. The summed E-state index contributed by atoms with van der Waals surface area (Å²) >= 11 is 0. The fourth-order valence-electron chi connectivity index (χ4n) is 2.18. The zero-order valence-electron chi connectivity index (χ0n) is 13.0. The van der Waals surface area contributed by atoms with Gasteiger partial charge >= 0.3 is 0 Å². The van der Waals surface area contributed by atoms with Crippen LogP contribution in [0, 0.1) is 5.92 Å². The smallest absolute Gasteiger partial charge is 0.191 e. The monoisotopic (exact) mass is 274 g/mol. The second-order valence-electron chi connectivity index (χ2n) is 5.77. The zero-order chi connectivity index (χ0) is 14.5. The number of rotatable bonds is 5. The van der Waals surface area contributed by atoms with Crippen molar-refractivity contribution in [3.05, 3.63) is 29.8 Å². The SMILES string of the molecule is CN=C(NCCc1ccc(N(C)C)cc1)NC1CC1C. The molecule has 0 bridgehead atoms. The van der Waals surface area contributed by atoms with Gasteiger partial charge in [-0.2, -0.15) is 0 Å². The van der Waals surface area contributed by atoms with E-state index in [0.29, 0.717) is 6.04 Å². The fourth-order valence-corrected chi connectivity index (χ4v) is 2.18. The first-order valence-corrected chi connectivity index (χ1v) is 7.33. The lowest BCUT2D eigenvalue weighted by atomic mass is 10.1. The highest BCUT2D eigenvalue weighted by Crippen LogP contribution is 2.28. The van der Waals surface area contributed by atoms with Crippen molar-refractivity contribution in [1.82, 2.24) is 10.6 Å². The van der Waals surface area contributed by atoms with Gasteiger partial charge in [-0.1, -0.05) is 19.1 Å². The molecule has 1 aliphatic carbocycles. The van der Waals surface area contributed by atoms with Crippen LogP contribution in [0.15, 0.2) is 29.3 Å². The Hall–Kier alpha value is -1.71. The van der Waals surface area contributed by atoms with Crippen molar-refractivity contribution in [3.63, 3.8) is 0 Å². The number of guanidine groups is 1. The summed E-state index contributed by atoms with van der Waals surface area (Å²) in [7, 11) is 5.95. The Labute approximate surface area is 122 Å². The average molecular weight is 274 g/mol. The Morgan fingerprint density at radius 2 is 1.95 bits per heavy atom. The molecule has 1 fully saturated rings. The predicted octanol–water partition coefficient (Wildman–Crippen LogP) is 1.87. The lowest BCUT2D eigenvalue weighted by Crippen LogP contribution is -2.39. The van der Waals surface area contributed by atoms with Crippen LogP contribution in [0.5, 0.6) is 0 Å². The van der Waals surface area contributed by atoms with Gasteiger partial charge in [-0.25, -0.2) is 0 Å². The van der Waals surface area contributed by atoms with Gasteiger partial charge in [0.15, 0.2) is 5.96 Å². The highest BCUT2D eigenvalue weighted by Gasteiger charge is 2.33. The van der Waals surface area contributed by atoms with E-state index in [4.69, 9.17) is 0 Å². The van der Waals surface area contributed by atoms with Crippen LogP contribution in [0.1, 0.15) is 18.9 Å². The van der Waals surface area contributed by atoms with Crippen LogP contribution in [0.25, 0.3) is 0 Å². The Morgan fingerprint density at radius 3 is 2.45 bits per heavy atom. The zero-order valence-corrected chi connectivity index (χ0v) is 13.0. The van der Waals surface area contributed by atoms with Gasteiger partial charge in [0.05, 0.1) is 0 Å². The van der Waals surface area contributed by atoms with Crippen LogP contribution in [0.4, 0.5) is 5.69 Å². The van der Waals surface area contributed by atoms with Crippen molar-refractivity contribution >= 4 is 11.6 Å². The Morgan fingerprint density at radius 1 is 1.30 bits per heavy atom. The Bertz CT molecular complexity index is 450. The third-order valence-corrected chi connectivity index (χ3v) is 3.81. The highest BCUT2D eigenvalue weighted by molar-refractivity contribution is 5.80. The summed E-state index contributed by atoms with van der Waals surface area (Å²) in [5, 5.41) is 6.81. The second kappa shape index (κ2) is 6.64. The van der Waals surface area contributed by atoms with E-state index >= 15 is 0 Å². The van der Waals surface area contributed by atoms with Gasteiger partial charge in [-0.05, 0) is 36.5 Å².